The molecule has 3 rings (SSSR count). The Labute approximate surface area is 162 Å². The third-order valence-electron chi connectivity index (χ3n) is 3.99. The Morgan fingerprint density at radius 2 is 1.81 bits per heavy atom. The lowest BCUT2D eigenvalue weighted by molar-refractivity contribution is 0.0954. The van der Waals surface area contributed by atoms with Gasteiger partial charge < -0.3 is 5.32 Å². The van der Waals surface area contributed by atoms with Crippen LogP contribution in [0.15, 0.2) is 54.6 Å². The summed E-state index contributed by atoms with van der Waals surface area (Å²) in [6.45, 7) is 0.700. The van der Waals surface area contributed by atoms with Crippen molar-refractivity contribution < 1.29 is 4.79 Å². The number of benzene rings is 2. The normalized spacial score (nSPS) is 10.7. The molecule has 4 nitrogen and oxygen atoms in total. The van der Waals surface area contributed by atoms with E-state index in [2.05, 4.69) is 21.8 Å². The van der Waals surface area contributed by atoms with Crippen LogP contribution < -0.4 is 5.32 Å². The minimum atomic E-state index is -0.0402. The van der Waals surface area contributed by atoms with Gasteiger partial charge in [-0.1, -0.05) is 35.9 Å². The third kappa shape index (κ3) is 4.68. The highest BCUT2D eigenvalue weighted by molar-refractivity contribution is 7.98. The average Bonchev–Trinajstić information content (AvgIpc) is 3.16. The van der Waals surface area contributed by atoms with Crippen molar-refractivity contribution in [2.24, 2.45) is 0 Å². The summed E-state index contributed by atoms with van der Waals surface area (Å²) in [5.41, 5.74) is 4.40. The number of aromatic amines is 1. The van der Waals surface area contributed by atoms with E-state index in [1.807, 2.05) is 54.6 Å². The molecule has 2 N–H and O–H groups in total. The molecule has 2 aromatic carbocycles. The summed E-state index contributed by atoms with van der Waals surface area (Å²) in [6.07, 6.45) is 3.04. The number of carbonyl (C=O) groups is 1. The Morgan fingerprint density at radius 3 is 2.50 bits per heavy atom. The van der Waals surface area contributed by atoms with E-state index >= 15 is 0 Å². The first-order valence-electron chi connectivity index (χ1n) is 8.36. The molecule has 0 saturated carbocycles. The maximum absolute atomic E-state index is 12.1. The Kier molecular flexibility index (Phi) is 6.36. The molecule has 0 bridgehead atoms. The van der Waals surface area contributed by atoms with Crippen LogP contribution >= 0.6 is 23.4 Å². The van der Waals surface area contributed by atoms with Gasteiger partial charge in [-0.05, 0) is 54.3 Å². The zero-order valence-electron chi connectivity index (χ0n) is 14.5. The van der Waals surface area contributed by atoms with Crippen molar-refractivity contribution >= 4 is 29.3 Å². The summed E-state index contributed by atoms with van der Waals surface area (Å²) in [7, 11) is 0. The van der Waals surface area contributed by atoms with E-state index < -0.39 is 0 Å². The van der Waals surface area contributed by atoms with Gasteiger partial charge in [-0.2, -0.15) is 16.9 Å². The molecule has 1 amide bonds. The second-order valence-corrected chi connectivity index (χ2v) is 7.28. The van der Waals surface area contributed by atoms with E-state index in [1.165, 1.54) is 0 Å². The summed E-state index contributed by atoms with van der Waals surface area (Å²) >= 11 is 7.71. The molecule has 1 heterocycles. The fourth-order valence-electron chi connectivity index (χ4n) is 2.56. The highest BCUT2D eigenvalue weighted by atomic mass is 35.5. The van der Waals surface area contributed by atoms with Crippen molar-refractivity contribution in [2.45, 2.75) is 6.42 Å². The largest absolute Gasteiger partial charge is 0.352 e. The molecule has 3 aromatic rings. The van der Waals surface area contributed by atoms with Crippen LogP contribution in [-0.4, -0.2) is 34.7 Å². The maximum Gasteiger partial charge on any atom is 0.251 e. The predicted molar refractivity (Wildman–Crippen MR) is 110 cm³/mol. The standard InChI is InChI=1S/C20H20ClN3OS/c1-26-12-2-11-22-20(25)16-5-3-14(4-6-16)18-13-19(24-23-18)15-7-9-17(21)10-8-15/h3-10,13H,2,11-12H2,1H3,(H,22,25)(H,23,24). The van der Waals surface area contributed by atoms with E-state index in [0.717, 1.165) is 34.7 Å². The van der Waals surface area contributed by atoms with Crippen LogP contribution in [0.1, 0.15) is 16.8 Å². The first-order valence-corrected chi connectivity index (χ1v) is 10.1. The topological polar surface area (TPSA) is 57.8 Å². The van der Waals surface area contributed by atoms with Crippen LogP contribution in [0.4, 0.5) is 0 Å². The molecule has 0 saturated heterocycles. The van der Waals surface area contributed by atoms with Crippen molar-refractivity contribution in [1.29, 1.82) is 0 Å². The Morgan fingerprint density at radius 1 is 1.12 bits per heavy atom. The SMILES string of the molecule is CSCCCNC(=O)c1ccc(-c2cc(-c3ccc(Cl)cc3)[nH]n2)cc1. The first kappa shape index (κ1) is 18.5. The summed E-state index contributed by atoms with van der Waals surface area (Å²) in [6, 6.07) is 17.1. The lowest BCUT2D eigenvalue weighted by Gasteiger charge is -2.05. The minimum Gasteiger partial charge on any atom is -0.352 e. The zero-order valence-corrected chi connectivity index (χ0v) is 16.0. The number of rotatable bonds is 7. The molecule has 0 aliphatic carbocycles. The number of aromatic nitrogens is 2. The molecule has 0 unspecified atom stereocenters. The summed E-state index contributed by atoms with van der Waals surface area (Å²) < 4.78 is 0. The highest BCUT2D eigenvalue weighted by Crippen LogP contribution is 2.25. The fourth-order valence-corrected chi connectivity index (χ4v) is 3.12. The van der Waals surface area contributed by atoms with E-state index in [9.17, 15) is 4.79 Å². The maximum atomic E-state index is 12.1. The number of nitrogens with one attached hydrogen (secondary N) is 2. The lowest BCUT2D eigenvalue weighted by Crippen LogP contribution is -2.24. The molecule has 0 fully saturated rings. The van der Waals surface area contributed by atoms with E-state index in [-0.39, 0.29) is 5.91 Å². The van der Waals surface area contributed by atoms with Gasteiger partial charge in [0.1, 0.15) is 0 Å². The van der Waals surface area contributed by atoms with Crippen LogP contribution in [0, 0.1) is 0 Å². The van der Waals surface area contributed by atoms with Gasteiger partial charge in [-0.3, -0.25) is 9.89 Å². The first-order chi connectivity index (χ1) is 12.7. The number of H-pyrrole nitrogens is 1. The molecular weight excluding hydrogens is 366 g/mol. The third-order valence-corrected chi connectivity index (χ3v) is 4.94. The van der Waals surface area contributed by atoms with Gasteiger partial charge in [0.15, 0.2) is 0 Å². The van der Waals surface area contributed by atoms with Crippen LogP contribution in [0.25, 0.3) is 22.5 Å². The van der Waals surface area contributed by atoms with Crippen LogP contribution in [0.3, 0.4) is 0 Å². The van der Waals surface area contributed by atoms with Crippen molar-refractivity contribution in [3.8, 4) is 22.5 Å². The number of hydrogen-bond donors (Lipinski definition) is 2. The van der Waals surface area contributed by atoms with Crippen molar-refractivity contribution in [2.75, 3.05) is 18.6 Å². The molecule has 0 aliphatic rings. The zero-order chi connectivity index (χ0) is 18.4. The van der Waals surface area contributed by atoms with Gasteiger partial charge >= 0.3 is 0 Å². The highest BCUT2D eigenvalue weighted by Gasteiger charge is 2.08. The van der Waals surface area contributed by atoms with Crippen LogP contribution in [0.2, 0.25) is 5.02 Å². The molecular formula is C20H20ClN3OS. The average molecular weight is 386 g/mol. The summed E-state index contributed by atoms with van der Waals surface area (Å²) in [5, 5.41) is 11.1. The second-order valence-electron chi connectivity index (χ2n) is 5.85. The Bertz CT molecular complexity index is 860. The van der Waals surface area contributed by atoms with Crippen molar-refractivity contribution in [3.63, 3.8) is 0 Å². The molecule has 0 aliphatic heterocycles. The van der Waals surface area contributed by atoms with Crippen LogP contribution in [-0.2, 0) is 0 Å². The number of amides is 1. The van der Waals surface area contributed by atoms with Gasteiger partial charge in [0, 0.05) is 22.7 Å². The predicted octanol–water partition coefficient (Wildman–Crippen LogP) is 4.88. The van der Waals surface area contributed by atoms with Gasteiger partial charge in [-0.25, -0.2) is 0 Å². The van der Waals surface area contributed by atoms with Gasteiger partial charge in [-0.15, -0.1) is 0 Å². The van der Waals surface area contributed by atoms with Gasteiger partial charge in [0.25, 0.3) is 5.91 Å². The second kappa shape index (κ2) is 8.92. The number of hydrogen-bond acceptors (Lipinski definition) is 3. The Balaban J connectivity index is 1.67. The smallest absolute Gasteiger partial charge is 0.251 e. The molecule has 26 heavy (non-hydrogen) atoms. The molecule has 0 atom stereocenters. The number of nitrogens with zero attached hydrogens (tertiary/aromatic N) is 1. The monoisotopic (exact) mass is 385 g/mol. The van der Waals surface area contributed by atoms with E-state index in [1.54, 1.807) is 11.8 Å². The lowest BCUT2D eigenvalue weighted by atomic mass is 10.1. The summed E-state index contributed by atoms with van der Waals surface area (Å²) in [5.74, 6) is 1.01. The molecule has 0 radical (unpaired) electrons. The number of halogens is 1. The number of thioether (sulfide) groups is 1. The quantitative estimate of drug-likeness (QED) is 0.570. The number of carbonyl (C=O) groups excluding carboxylic acids is 1. The minimum absolute atomic E-state index is 0.0402. The fraction of sp³-hybridized carbons (Fsp3) is 0.200. The van der Waals surface area contributed by atoms with Crippen molar-refractivity contribution in [3.05, 3.63) is 65.2 Å². The molecule has 134 valence electrons. The molecule has 0 spiro atoms. The summed E-state index contributed by atoms with van der Waals surface area (Å²) in [4.78, 5) is 12.1. The molecule has 1 aromatic heterocycles. The molecule has 6 heteroatoms. The van der Waals surface area contributed by atoms with Gasteiger partial charge in [0.05, 0.1) is 11.4 Å². The van der Waals surface area contributed by atoms with Crippen molar-refractivity contribution in [1.82, 2.24) is 15.5 Å². The van der Waals surface area contributed by atoms with E-state index in [4.69, 9.17) is 11.6 Å². The van der Waals surface area contributed by atoms with Gasteiger partial charge in [0.2, 0.25) is 0 Å². The Hall–Kier alpha value is -2.24. The van der Waals surface area contributed by atoms with Crippen LogP contribution in [0.5, 0.6) is 0 Å². The van der Waals surface area contributed by atoms with E-state index in [0.29, 0.717) is 17.1 Å².